The first-order valence-corrected chi connectivity index (χ1v) is 9.33. The highest BCUT2D eigenvalue weighted by atomic mass is 16.3. The van der Waals surface area contributed by atoms with Gasteiger partial charge in [-0.15, -0.1) is 0 Å². The molecular weight excluding hydrogens is 350 g/mol. The summed E-state index contributed by atoms with van der Waals surface area (Å²) in [7, 11) is 0. The van der Waals surface area contributed by atoms with Crippen molar-refractivity contribution in [2.45, 2.75) is 26.5 Å². The second-order valence-electron chi connectivity index (χ2n) is 6.91. The molecule has 0 spiro atoms. The number of aryl methyl sites for hydroxylation is 1. The zero-order valence-corrected chi connectivity index (χ0v) is 16.2. The molecule has 3 aromatic rings. The fourth-order valence-electron chi connectivity index (χ4n) is 2.82. The number of aromatic nitrogens is 2. The lowest BCUT2D eigenvalue weighted by Gasteiger charge is -2.03. The third-order valence-electron chi connectivity index (χ3n) is 4.29. The van der Waals surface area contributed by atoms with Crippen molar-refractivity contribution >= 4 is 12.0 Å². The Bertz CT molecular complexity index is 942. The largest absolute Gasteiger partial charge is 0.392 e. The highest BCUT2D eigenvalue weighted by Gasteiger charge is 2.10. The molecule has 144 valence electrons. The summed E-state index contributed by atoms with van der Waals surface area (Å²) < 4.78 is 1.89. The van der Waals surface area contributed by atoms with Crippen LogP contribution in [0.1, 0.15) is 23.6 Å². The average molecular weight is 375 g/mol. The minimum absolute atomic E-state index is 0.223. The maximum absolute atomic E-state index is 12.0. The Morgan fingerprint density at radius 1 is 1.18 bits per heavy atom. The third-order valence-corrected chi connectivity index (χ3v) is 4.29. The molecule has 1 aromatic heterocycles. The maximum Gasteiger partial charge on any atom is 0.244 e. The molecule has 28 heavy (non-hydrogen) atoms. The zero-order chi connectivity index (χ0) is 19.9. The molecule has 5 nitrogen and oxygen atoms in total. The first kappa shape index (κ1) is 19.6. The van der Waals surface area contributed by atoms with Crippen molar-refractivity contribution < 1.29 is 9.90 Å². The summed E-state index contributed by atoms with van der Waals surface area (Å²) in [5, 5.41) is 16.7. The minimum Gasteiger partial charge on any atom is -0.392 e. The zero-order valence-electron chi connectivity index (χ0n) is 16.2. The van der Waals surface area contributed by atoms with Crippen LogP contribution in [0.3, 0.4) is 0 Å². The molecule has 0 saturated heterocycles. The van der Waals surface area contributed by atoms with Gasteiger partial charge >= 0.3 is 0 Å². The highest BCUT2D eigenvalue weighted by Crippen LogP contribution is 2.24. The number of aliphatic hydroxyl groups excluding tert-OH is 1. The van der Waals surface area contributed by atoms with E-state index in [0.29, 0.717) is 6.54 Å². The van der Waals surface area contributed by atoms with Gasteiger partial charge in [0.15, 0.2) is 0 Å². The van der Waals surface area contributed by atoms with Gasteiger partial charge < -0.3 is 10.4 Å². The van der Waals surface area contributed by atoms with Crippen LogP contribution in [-0.4, -0.2) is 33.4 Å². The monoisotopic (exact) mass is 375 g/mol. The van der Waals surface area contributed by atoms with E-state index in [2.05, 4.69) is 17.4 Å². The Kier molecular flexibility index (Phi) is 6.40. The predicted molar refractivity (Wildman–Crippen MR) is 112 cm³/mol. The van der Waals surface area contributed by atoms with Gasteiger partial charge in [-0.25, -0.2) is 0 Å². The van der Waals surface area contributed by atoms with E-state index < -0.39 is 6.10 Å². The minimum atomic E-state index is -0.575. The molecule has 2 aromatic carbocycles. The molecule has 1 amide bonds. The van der Waals surface area contributed by atoms with E-state index in [1.165, 1.54) is 11.6 Å². The van der Waals surface area contributed by atoms with Gasteiger partial charge in [-0.2, -0.15) is 5.10 Å². The molecule has 1 unspecified atom stereocenters. The van der Waals surface area contributed by atoms with E-state index in [0.717, 1.165) is 22.4 Å². The van der Waals surface area contributed by atoms with Crippen molar-refractivity contribution in [3.63, 3.8) is 0 Å². The maximum atomic E-state index is 12.0. The summed E-state index contributed by atoms with van der Waals surface area (Å²) in [6, 6.07) is 18.3. The van der Waals surface area contributed by atoms with Crippen LogP contribution in [0.5, 0.6) is 0 Å². The quantitative estimate of drug-likeness (QED) is 0.622. The molecule has 0 aliphatic heterocycles. The van der Waals surface area contributed by atoms with Crippen LogP contribution in [-0.2, 0) is 11.3 Å². The molecule has 0 saturated carbocycles. The number of carbonyl (C=O) groups is 1. The smallest absolute Gasteiger partial charge is 0.244 e. The van der Waals surface area contributed by atoms with Gasteiger partial charge in [0.1, 0.15) is 0 Å². The lowest BCUT2D eigenvalue weighted by Crippen LogP contribution is -2.28. The first-order chi connectivity index (χ1) is 13.5. The highest BCUT2D eigenvalue weighted by molar-refractivity contribution is 5.92. The molecular formula is C23H25N3O2. The number of amides is 1. The number of nitrogens with zero attached hydrogens (tertiary/aromatic N) is 2. The van der Waals surface area contributed by atoms with Crippen LogP contribution in [0.25, 0.3) is 17.3 Å². The van der Waals surface area contributed by atoms with Crippen molar-refractivity contribution in [3.05, 3.63) is 83.6 Å². The number of carbonyl (C=O) groups excluding carboxylic acids is 1. The summed E-state index contributed by atoms with van der Waals surface area (Å²) in [5.41, 5.74) is 5.04. The number of rotatable bonds is 7. The number of nitrogens with one attached hydrogen (secondary N) is 1. The van der Waals surface area contributed by atoms with Crippen molar-refractivity contribution in [2.75, 3.05) is 6.54 Å². The molecule has 0 aliphatic rings. The Balaban J connectivity index is 1.87. The van der Waals surface area contributed by atoms with Gasteiger partial charge in [-0.05, 0) is 25.5 Å². The Labute approximate surface area is 165 Å². The van der Waals surface area contributed by atoms with E-state index in [9.17, 15) is 9.90 Å². The number of hydrogen-bond acceptors (Lipinski definition) is 3. The standard InChI is InChI=1S/C23H25N3O2/c1-17-8-10-20(11-9-17)23-21(12-13-22(28)24-14-18(2)27)16-26(25-23)15-19-6-4-3-5-7-19/h3-13,16,18,27H,14-15H2,1-2H3,(H,24,28)/b13-12+. The molecule has 1 atom stereocenters. The normalized spacial score (nSPS) is 12.2. The first-order valence-electron chi connectivity index (χ1n) is 9.33. The van der Waals surface area contributed by atoms with E-state index in [1.54, 1.807) is 13.0 Å². The van der Waals surface area contributed by atoms with E-state index in [4.69, 9.17) is 5.10 Å². The van der Waals surface area contributed by atoms with Crippen molar-refractivity contribution in [1.82, 2.24) is 15.1 Å². The van der Waals surface area contributed by atoms with E-state index in [-0.39, 0.29) is 12.5 Å². The van der Waals surface area contributed by atoms with Gasteiger partial charge in [0.25, 0.3) is 0 Å². The molecule has 5 heteroatoms. The van der Waals surface area contributed by atoms with Gasteiger partial charge in [0, 0.05) is 29.9 Å². The van der Waals surface area contributed by atoms with Crippen molar-refractivity contribution in [2.24, 2.45) is 0 Å². The fraction of sp³-hybridized carbons (Fsp3) is 0.217. The molecule has 2 N–H and O–H groups in total. The Hall–Kier alpha value is -3.18. The summed E-state index contributed by atoms with van der Waals surface area (Å²) in [5.74, 6) is -0.244. The topological polar surface area (TPSA) is 67.2 Å². The van der Waals surface area contributed by atoms with Crippen LogP contribution in [0.4, 0.5) is 0 Å². The molecule has 0 radical (unpaired) electrons. The molecule has 0 aliphatic carbocycles. The number of hydrogen-bond donors (Lipinski definition) is 2. The average Bonchev–Trinajstić information content (AvgIpc) is 3.08. The van der Waals surface area contributed by atoms with Crippen LogP contribution in [0, 0.1) is 6.92 Å². The molecule has 3 rings (SSSR count). The predicted octanol–water partition coefficient (Wildman–Crippen LogP) is 3.42. The summed E-state index contributed by atoms with van der Waals surface area (Å²) in [6.07, 6.45) is 4.61. The second-order valence-corrected chi connectivity index (χ2v) is 6.91. The summed E-state index contributed by atoms with van der Waals surface area (Å²) >= 11 is 0. The fourth-order valence-corrected chi connectivity index (χ4v) is 2.82. The van der Waals surface area contributed by atoms with Crippen molar-refractivity contribution in [1.29, 1.82) is 0 Å². The van der Waals surface area contributed by atoms with Crippen LogP contribution in [0.15, 0.2) is 66.9 Å². The Morgan fingerprint density at radius 2 is 1.89 bits per heavy atom. The number of benzene rings is 2. The summed E-state index contributed by atoms with van der Waals surface area (Å²) in [6.45, 7) is 4.56. The molecule has 0 bridgehead atoms. The lowest BCUT2D eigenvalue weighted by atomic mass is 10.1. The van der Waals surface area contributed by atoms with E-state index in [1.807, 2.05) is 60.3 Å². The van der Waals surface area contributed by atoms with E-state index >= 15 is 0 Å². The molecule has 1 heterocycles. The SMILES string of the molecule is Cc1ccc(-c2nn(Cc3ccccc3)cc2/C=C/C(=O)NCC(C)O)cc1. The third kappa shape index (κ3) is 5.41. The van der Waals surface area contributed by atoms with Crippen LogP contribution < -0.4 is 5.32 Å². The second kappa shape index (κ2) is 9.15. The van der Waals surface area contributed by atoms with Gasteiger partial charge in [-0.1, -0.05) is 60.2 Å². The lowest BCUT2D eigenvalue weighted by molar-refractivity contribution is -0.116. The van der Waals surface area contributed by atoms with Crippen LogP contribution in [0.2, 0.25) is 0 Å². The Morgan fingerprint density at radius 3 is 2.57 bits per heavy atom. The molecule has 0 fully saturated rings. The number of aliphatic hydroxyl groups is 1. The van der Waals surface area contributed by atoms with Gasteiger partial charge in [-0.3, -0.25) is 9.48 Å². The summed E-state index contributed by atoms with van der Waals surface area (Å²) in [4.78, 5) is 12.0. The van der Waals surface area contributed by atoms with Gasteiger partial charge in [0.2, 0.25) is 5.91 Å². The van der Waals surface area contributed by atoms with Crippen LogP contribution >= 0.6 is 0 Å². The van der Waals surface area contributed by atoms with Gasteiger partial charge in [0.05, 0.1) is 18.3 Å². The van der Waals surface area contributed by atoms with Crippen molar-refractivity contribution in [3.8, 4) is 11.3 Å².